The molecule has 0 aliphatic carbocycles. The Morgan fingerprint density at radius 3 is 2.76 bits per heavy atom. The summed E-state index contributed by atoms with van der Waals surface area (Å²) in [4.78, 5) is 4.19. The zero-order valence-corrected chi connectivity index (χ0v) is 9.26. The molecule has 17 heavy (non-hydrogen) atoms. The minimum Gasteiger partial charge on any atom is -0.459 e. The lowest BCUT2D eigenvalue weighted by Crippen LogP contribution is -1.99. The third-order valence-corrected chi connectivity index (χ3v) is 2.59. The van der Waals surface area contributed by atoms with Gasteiger partial charge in [0, 0.05) is 11.6 Å². The first-order valence-electron chi connectivity index (χ1n) is 5.54. The molecule has 3 aromatic rings. The van der Waals surface area contributed by atoms with Gasteiger partial charge in [-0.2, -0.15) is 0 Å². The summed E-state index contributed by atoms with van der Waals surface area (Å²) in [6.45, 7) is 0.645. The normalized spacial score (nSPS) is 10.6. The number of anilines is 1. The third-order valence-electron chi connectivity index (χ3n) is 2.59. The van der Waals surface area contributed by atoms with Crippen LogP contribution in [0.1, 0.15) is 5.76 Å². The summed E-state index contributed by atoms with van der Waals surface area (Å²) in [7, 11) is 0. The van der Waals surface area contributed by atoms with Crippen LogP contribution in [0.5, 0.6) is 0 Å². The molecule has 2 heterocycles. The highest BCUT2D eigenvalue weighted by atomic mass is 16.3. The Kier molecular flexibility index (Phi) is 2.50. The van der Waals surface area contributed by atoms with E-state index in [-0.39, 0.29) is 0 Å². The van der Waals surface area contributed by atoms with E-state index in [2.05, 4.69) is 10.3 Å². The van der Waals surface area contributed by atoms with E-state index >= 15 is 0 Å². The van der Waals surface area contributed by atoms with Crippen molar-refractivity contribution in [3.63, 3.8) is 0 Å². The van der Waals surface area contributed by atoms with Crippen molar-refractivity contribution in [1.29, 1.82) is 0 Å². The van der Waals surface area contributed by atoms with Gasteiger partial charge in [-0.15, -0.1) is 0 Å². The maximum atomic E-state index is 5.70. The van der Waals surface area contributed by atoms with Gasteiger partial charge in [0.1, 0.15) is 17.2 Å². The average molecular weight is 224 g/mol. The second-order valence-corrected chi connectivity index (χ2v) is 3.82. The summed E-state index contributed by atoms with van der Waals surface area (Å²) in [5.41, 5.74) is 0.922. The molecule has 0 radical (unpaired) electrons. The molecule has 0 spiro atoms. The van der Waals surface area contributed by atoms with Gasteiger partial charge in [0.05, 0.1) is 6.54 Å². The number of furan rings is 1. The highest BCUT2D eigenvalue weighted by Crippen LogP contribution is 2.19. The van der Waals surface area contributed by atoms with Crippen LogP contribution >= 0.6 is 0 Å². The van der Waals surface area contributed by atoms with Gasteiger partial charge in [0.15, 0.2) is 0 Å². The highest BCUT2D eigenvalue weighted by molar-refractivity contribution is 5.77. The SMILES string of the molecule is c1ccc(NCc2cc3ccccc3o2)nc1. The molecule has 0 unspecified atom stereocenters. The Hall–Kier alpha value is -2.29. The summed E-state index contributed by atoms with van der Waals surface area (Å²) in [5.74, 6) is 1.77. The van der Waals surface area contributed by atoms with Crippen LogP contribution in [0.2, 0.25) is 0 Å². The van der Waals surface area contributed by atoms with E-state index in [0.29, 0.717) is 6.54 Å². The fourth-order valence-corrected chi connectivity index (χ4v) is 1.77. The van der Waals surface area contributed by atoms with E-state index < -0.39 is 0 Å². The Balaban J connectivity index is 1.77. The van der Waals surface area contributed by atoms with Crippen LogP contribution in [0.25, 0.3) is 11.0 Å². The van der Waals surface area contributed by atoms with Crippen molar-refractivity contribution in [3.05, 3.63) is 60.5 Å². The first-order chi connectivity index (χ1) is 8.42. The average Bonchev–Trinajstić information content (AvgIpc) is 2.80. The number of pyridine rings is 1. The molecule has 0 aliphatic rings. The fraction of sp³-hybridized carbons (Fsp3) is 0.0714. The molecule has 84 valence electrons. The Labute approximate surface area is 99.1 Å². The summed E-state index contributed by atoms with van der Waals surface area (Å²) in [5, 5.41) is 4.35. The molecule has 3 nitrogen and oxygen atoms in total. The topological polar surface area (TPSA) is 38.1 Å². The number of hydrogen-bond donors (Lipinski definition) is 1. The summed E-state index contributed by atoms with van der Waals surface area (Å²) >= 11 is 0. The van der Waals surface area contributed by atoms with Gasteiger partial charge in [0.2, 0.25) is 0 Å². The van der Waals surface area contributed by atoms with Crippen molar-refractivity contribution in [2.24, 2.45) is 0 Å². The van der Waals surface area contributed by atoms with Crippen LogP contribution in [0, 0.1) is 0 Å². The molecule has 0 aliphatic heterocycles. The predicted molar refractivity (Wildman–Crippen MR) is 67.8 cm³/mol. The maximum Gasteiger partial charge on any atom is 0.134 e. The van der Waals surface area contributed by atoms with Gasteiger partial charge in [0.25, 0.3) is 0 Å². The number of para-hydroxylation sites is 1. The lowest BCUT2D eigenvalue weighted by Gasteiger charge is -2.01. The van der Waals surface area contributed by atoms with E-state index in [1.54, 1.807) is 6.20 Å². The van der Waals surface area contributed by atoms with Crippen molar-refractivity contribution in [1.82, 2.24) is 4.98 Å². The molecule has 0 amide bonds. The van der Waals surface area contributed by atoms with Crippen LogP contribution in [0.4, 0.5) is 5.82 Å². The number of fused-ring (bicyclic) bond motifs is 1. The van der Waals surface area contributed by atoms with Gasteiger partial charge in [-0.1, -0.05) is 24.3 Å². The highest BCUT2D eigenvalue weighted by Gasteiger charge is 2.02. The minimum atomic E-state index is 0.645. The zero-order chi connectivity index (χ0) is 11.5. The van der Waals surface area contributed by atoms with Crippen molar-refractivity contribution in [3.8, 4) is 0 Å². The fourth-order valence-electron chi connectivity index (χ4n) is 1.77. The minimum absolute atomic E-state index is 0.645. The first-order valence-corrected chi connectivity index (χ1v) is 5.54. The summed E-state index contributed by atoms with van der Waals surface area (Å²) < 4.78 is 5.70. The molecule has 0 bridgehead atoms. The number of benzene rings is 1. The van der Waals surface area contributed by atoms with Crippen molar-refractivity contribution in [2.75, 3.05) is 5.32 Å². The monoisotopic (exact) mass is 224 g/mol. The smallest absolute Gasteiger partial charge is 0.134 e. The van der Waals surface area contributed by atoms with Gasteiger partial charge in [-0.25, -0.2) is 4.98 Å². The second-order valence-electron chi connectivity index (χ2n) is 3.82. The molecule has 3 rings (SSSR count). The molecule has 0 atom stereocenters. The summed E-state index contributed by atoms with van der Waals surface area (Å²) in [6.07, 6.45) is 1.76. The molecule has 0 saturated heterocycles. The van der Waals surface area contributed by atoms with Crippen molar-refractivity contribution < 1.29 is 4.42 Å². The number of hydrogen-bond acceptors (Lipinski definition) is 3. The quantitative estimate of drug-likeness (QED) is 0.740. The number of nitrogens with zero attached hydrogens (tertiary/aromatic N) is 1. The zero-order valence-electron chi connectivity index (χ0n) is 9.26. The number of rotatable bonds is 3. The lowest BCUT2D eigenvalue weighted by atomic mass is 10.2. The van der Waals surface area contributed by atoms with E-state index in [0.717, 1.165) is 22.5 Å². The van der Waals surface area contributed by atoms with Gasteiger partial charge in [-0.3, -0.25) is 0 Å². The molecular weight excluding hydrogens is 212 g/mol. The molecule has 0 fully saturated rings. The molecule has 1 aromatic carbocycles. The van der Waals surface area contributed by atoms with E-state index in [1.807, 2.05) is 48.5 Å². The number of aromatic nitrogens is 1. The standard InChI is InChI=1S/C14H12N2O/c1-2-6-13-11(5-1)9-12(17-13)10-16-14-7-3-4-8-15-14/h1-9H,10H2,(H,15,16). The Morgan fingerprint density at radius 1 is 1.06 bits per heavy atom. The first kappa shape index (κ1) is 9.90. The van der Waals surface area contributed by atoms with Crippen LogP contribution in [0.15, 0.2) is 59.1 Å². The van der Waals surface area contributed by atoms with Crippen LogP contribution in [-0.2, 0) is 6.54 Å². The third kappa shape index (κ3) is 2.13. The van der Waals surface area contributed by atoms with Crippen molar-refractivity contribution in [2.45, 2.75) is 6.54 Å². The van der Waals surface area contributed by atoms with Gasteiger partial charge in [-0.05, 0) is 24.3 Å². The number of nitrogens with one attached hydrogen (secondary N) is 1. The van der Waals surface area contributed by atoms with E-state index in [9.17, 15) is 0 Å². The predicted octanol–water partition coefficient (Wildman–Crippen LogP) is 3.44. The lowest BCUT2D eigenvalue weighted by molar-refractivity contribution is 0.559. The Bertz CT molecular complexity index is 583. The molecule has 1 N–H and O–H groups in total. The van der Waals surface area contributed by atoms with Crippen LogP contribution in [0.3, 0.4) is 0 Å². The molecule has 2 aromatic heterocycles. The molecular formula is C14H12N2O. The van der Waals surface area contributed by atoms with E-state index in [1.165, 1.54) is 0 Å². The second kappa shape index (κ2) is 4.29. The molecule has 0 saturated carbocycles. The summed E-state index contributed by atoms with van der Waals surface area (Å²) in [6, 6.07) is 15.8. The largest absolute Gasteiger partial charge is 0.459 e. The van der Waals surface area contributed by atoms with Gasteiger partial charge < -0.3 is 9.73 Å². The van der Waals surface area contributed by atoms with Crippen molar-refractivity contribution >= 4 is 16.8 Å². The van der Waals surface area contributed by atoms with Crippen LogP contribution in [-0.4, -0.2) is 4.98 Å². The van der Waals surface area contributed by atoms with Gasteiger partial charge >= 0.3 is 0 Å². The van der Waals surface area contributed by atoms with E-state index in [4.69, 9.17) is 4.42 Å². The van der Waals surface area contributed by atoms with Crippen LogP contribution < -0.4 is 5.32 Å². The maximum absolute atomic E-state index is 5.70. The Morgan fingerprint density at radius 2 is 1.94 bits per heavy atom. The molecule has 3 heteroatoms.